The highest BCUT2D eigenvalue weighted by Crippen LogP contribution is 2.15. The van der Waals surface area contributed by atoms with E-state index in [2.05, 4.69) is 10.2 Å². The molecule has 1 aromatic carbocycles. The maximum Gasteiger partial charge on any atom is 0.0927 e. The van der Waals surface area contributed by atoms with Crippen molar-refractivity contribution in [3.8, 4) is 0 Å². The molecule has 3 heteroatoms. The largest absolute Gasteiger partial charge is 0.392 e. The number of benzene rings is 1. The van der Waals surface area contributed by atoms with Crippen LogP contribution in [0.15, 0.2) is 30.3 Å². The number of aromatic amines is 1. The monoisotopic (exact) mass is 174 g/mol. The van der Waals surface area contributed by atoms with E-state index in [1.165, 1.54) is 0 Å². The summed E-state index contributed by atoms with van der Waals surface area (Å²) in [6.45, 7) is 0.0490. The predicted molar refractivity (Wildman–Crippen MR) is 52.2 cm³/mol. The summed E-state index contributed by atoms with van der Waals surface area (Å²) >= 11 is 0. The fraction of sp³-hybridized carbons (Fsp3) is 0.100. The van der Waals surface area contributed by atoms with Gasteiger partial charge in [-0.05, 0) is 12.1 Å². The first kappa shape index (κ1) is 8.01. The van der Waals surface area contributed by atoms with E-state index >= 15 is 0 Å². The van der Waals surface area contributed by atoms with E-state index in [0.29, 0.717) is 0 Å². The lowest BCUT2D eigenvalue weighted by atomic mass is 10.2. The fourth-order valence-corrected chi connectivity index (χ4v) is 1.28. The molecule has 0 atom stereocenters. The summed E-state index contributed by atoms with van der Waals surface area (Å²) in [4.78, 5) is 0. The van der Waals surface area contributed by atoms with E-state index < -0.39 is 0 Å². The number of para-hydroxylation sites is 1. The van der Waals surface area contributed by atoms with Gasteiger partial charge in [0.2, 0.25) is 0 Å². The van der Waals surface area contributed by atoms with Gasteiger partial charge in [0.15, 0.2) is 0 Å². The molecule has 0 saturated heterocycles. The van der Waals surface area contributed by atoms with Crippen LogP contribution < -0.4 is 0 Å². The minimum atomic E-state index is 0.0490. The Bertz CT molecular complexity index is 431. The Balaban J connectivity index is 2.52. The molecule has 0 spiro atoms. The van der Waals surface area contributed by atoms with Crippen molar-refractivity contribution >= 4 is 17.0 Å². The van der Waals surface area contributed by atoms with Gasteiger partial charge in [-0.25, -0.2) is 0 Å². The van der Waals surface area contributed by atoms with Gasteiger partial charge in [0.1, 0.15) is 0 Å². The number of fused-ring (bicyclic) bond motifs is 1. The highest BCUT2D eigenvalue weighted by atomic mass is 16.2. The van der Waals surface area contributed by atoms with Crippen LogP contribution >= 0.6 is 0 Å². The van der Waals surface area contributed by atoms with Gasteiger partial charge in [-0.15, -0.1) is 0 Å². The number of hydrogen-bond acceptors (Lipinski definition) is 2. The first-order chi connectivity index (χ1) is 6.42. The van der Waals surface area contributed by atoms with Gasteiger partial charge < -0.3 is 5.11 Å². The number of nitrogens with zero attached hydrogens (tertiary/aromatic N) is 1. The van der Waals surface area contributed by atoms with Crippen molar-refractivity contribution in [2.75, 3.05) is 6.61 Å². The number of nitrogens with one attached hydrogen (secondary N) is 1. The number of aliphatic hydroxyl groups is 1. The second-order valence-electron chi connectivity index (χ2n) is 2.74. The van der Waals surface area contributed by atoms with E-state index in [1.807, 2.05) is 30.3 Å². The second kappa shape index (κ2) is 3.41. The average molecular weight is 174 g/mol. The summed E-state index contributed by atoms with van der Waals surface area (Å²) in [5.41, 5.74) is 1.88. The van der Waals surface area contributed by atoms with E-state index in [0.717, 1.165) is 16.6 Å². The quantitative estimate of drug-likeness (QED) is 0.726. The Kier molecular flexibility index (Phi) is 2.10. The maximum atomic E-state index is 8.62. The van der Waals surface area contributed by atoms with Gasteiger partial charge >= 0.3 is 0 Å². The normalized spacial score (nSPS) is 11.5. The summed E-state index contributed by atoms with van der Waals surface area (Å²) in [7, 11) is 0. The summed E-state index contributed by atoms with van der Waals surface area (Å²) in [6, 6.07) is 7.86. The number of aliphatic hydroxyl groups excluding tert-OH is 1. The van der Waals surface area contributed by atoms with E-state index in [4.69, 9.17) is 5.11 Å². The van der Waals surface area contributed by atoms with Crippen LogP contribution in [-0.4, -0.2) is 21.9 Å². The molecular formula is C10H10N2O. The molecule has 0 aliphatic carbocycles. The van der Waals surface area contributed by atoms with Crippen molar-refractivity contribution in [2.24, 2.45) is 0 Å². The molecule has 1 heterocycles. The van der Waals surface area contributed by atoms with E-state index in [9.17, 15) is 0 Å². The molecule has 0 radical (unpaired) electrons. The lowest BCUT2D eigenvalue weighted by Gasteiger charge is -1.87. The lowest BCUT2D eigenvalue weighted by molar-refractivity contribution is 0.343. The van der Waals surface area contributed by atoms with Crippen LogP contribution in [0.4, 0.5) is 0 Å². The van der Waals surface area contributed by atoms with Gasteiger partial charge in [-0.1, -0.05) is 24.3 Å². The topological polar surface area (TPSA) is 48.9 Å². The zero-order chi connectivity index (χ0) is 9.10. The van der Waals surface area contributed by atoms with Crippen LogP contribution in [0, 0.1) is 0 Å². The highest BCUT2D eigenvalue weighted by Gasteiger charge is 1.99. The van der Waals surface area contributed by atoms with Gasteiger partial charge in [0.25, 0.3) is 0 Å². The molecule has 0 amide bonds. The first-order valence-electron chi connectivity index (χ1n) is 4.12. The zero-order valence-corrected chi connectivity index (χ0v) is 7.07. The highest BCUT2D eigenvalue weighted by molar-refractivity contribution is 5.86. The Hall–Kier alpha value is -1.61. The Morgan fingerprint density at radius 2 is 2.23 bits per heavy atom. The van der Waals surface area contributed by atoms with Gasteiger partial charge in [0, 0.05) is 5.39 Å². The van der Waals surface area contributed by atoms with Gasteiger partial charge in [-0.3, -0.25) is 5.10 Å². The third-order valence-corrected chi connectivity index (χ3v) is 1.88. The number of rotatable bonds is 2. The van der Waals surface area contributed by atoms with Crippen LogP contribution in [0.5, 0.6) is 0 Å². The molecule has 13 heavy (non-hydrogen) atoms. The molecule has 3 nitrogen and oxygen atoms in total. The van der Waals surface area contributed by atoms with Crippen LogP contribution in [0.3, 0.4) is 0 Å². The van der Waals surface area contributed by atoms with E-state index in [-0.39, 0.29) is 6.61 Å². The van der Waals surface area contributed by atoms with Crippen molar-refractivity contribution in [3.63, 3.8) is 0 Å². The number of hydrogen-bond donors (Lipinski definition) is 2. The van der Waals surface area contributed by atoms with Gasteiger partial charge in [0.05, 0.1) is 17.8 Å². The Morgan fingerprint density at radius 1 is 1.38 bits per heavy atom. The molecule has 66 valence electrons. The first-order valence-corrected chi connectivity index (χ1v) is 4.12. The van der Waals surface area contributed by atoms with Crippen molar-refractivity contribution < 1.29 is 5.11 Å². The molecule has 0 saturated carbocycles. The molecule has 0 bridgehead atoms. The molecule has 2 aromatic rings. The number of H-pyrrole nitrogens is 1. The molecule has 0 unspecified atom stereocenters. The third-order valence-electron chi connectivity index (χ3n) is 1.88. The molecule has 1 aromatic heterocycles. The lowest BCUT2D eigenvalue weighted by Crippen LogP contribution is -1.74. The smallest absolute Gasteiger partial charge is 0.0927 e. The molecular weight excluding hydrogens is 164 g/mol. The summed E-state index contributed by atoms with van der Waals surface area (Å²) < 4.78 is 0. The SMILES string of the molecule is OCC=Cc1[nH]nc2ccccc12. The molecule has 2 N–H and O–H groups in total. The molecule has 2 rings (SSSR count). The summed E-state index contributed by atoms with van der Waals surface area (Å²) in [6.07, 6.45) is 3.51. The van der Waals surface area contributed by atoms with Crippen molar-refractivity contribution in [3.05, 3.63) is 36.0 Å². The van der Waals surface area contributed by atoms with Crippen LogP contribution in [-0.2, 0) is 0 Å². The summed E-state index contributed by atoms with van der Waals surface area (Å²) in [5.74, 6) is 0. The standard InChI is InChI=1S/C10H10N2O/c13-7-3-6-10-8-4-1-2-5-9(8)11-12-10/h1-6,13H,7H2,(H,11,12). The molecule has 0 aliphatic rings. The van der Waals surface area contributed by atoms with Crippen LogP contribution in [0.1, 0.15) is 5.69 Å². The summed E-state index contributed by atoms with van der Waals surface area (Å²) in [5, 5.41) is 16.7. The van der Waals surface area contributed by atoms with Gasteiger partial charge in [-0.2, -0.15) is 5.10 Å². The zero-order valence-electron chi connectivity index (χ0n) is 7.07. The Morgan fingerprint density at radius 3 is 3.08 bits per heavy atom. The van der Waals surface area contributed by atoms with Crippen molar-refractivity contribution in [1.82, 2.24) is 10.2 Å². The maximum absolute atomic E-state index is 8.62. The van der Waals surface area contributed by atoms with Crippen LogP contribution in [0.2, 0.25) is 0 Å². The second-order valence-corrected chi connectivity index (χ2v) is 2.74. The third kappa shape index (κ3) is 1.46. The fourth-order valence-electron chi connectivity index (χ4n) is 1.28. The molecule has 0 fully saturated rings. The van der Waals surface area contributed by atoms with Crippen molar-refractivity contribution in [2.45, 2.75) is 0 Å². The van der Waals surface area contributed by atoms with Crippen LogP contribution in [0.25, 0.3) is 17.0 Å². The average Bonchev–Trinajstić information content (AvgIpc) is 2.58. The van der Waals surface area contributed by atoms with E-state index in [1.54, 1.807) is 6.08 Å². The Labute approximate surface area is 75.7 Å². The van der Waals surface area contributed by atoms with Crippen molar-refractivity contribution in [1.29, 1.82) is 0 Å². The molecule has 0 aliphatic heterocycles. The number of aromatic nitrogens is 2. The minimum Gasteiger partial charge on any atom is -0.392 e. The minimum absolute atomic E-state index is 0.0490. The predicted octanol–water partition coefficient (Wildman–Crippen LogP) is 1.57.